The molecule has 0 atom stereocenters. The number of hydrogen-bond donors (Lipinski definition) is 0. The van der Waals surface area contributed by atoms with Crippen molar-refractivity contribution in [2.45, 2.75) is 25.2 Å². The van der Waals surface area contributed by atoms with Gasteiger partial charge < -0.3 is 9.47 Å². The van der Waals surface area contributed by atoms with Crippen LogP contribution in [0.25, 0.3) is 17.2 Å². The summed E-state index contributed by atoms with van der Waals surface area (Å²) in [6.45, 7) is 4.97. The monoisotopic (exact) mass is 338 g/mol. The second-order valence-electron chi connectivity index (χ2n) is 5.56. The predicted octanol–water partition coefficient (Wildman–Crippen LogP) is 4.44. The third-order valence-corrected chi connectivity index (χ3v) is 3.94. The van der Waals surface area contributed by atoms with Crippen LogP contribution < -0.4 is 4.74 Å². The number of halogens is 3. The van der Waals surface area contributed by atoms with E-state index in [1.54, 1.807) is 29.2 Å². The first-order valence-electron chi connectivity index (χ1n) is 7.61. The highest BCUT2D eigenvalue weighted by molar-refractivity contribution is 5.72. The molecule has 2 aromatic rings. The summed E-state index contributed by atoms with van der Waals surface area (Å²) in [5.41, 5.74) is 1.62. The van der Waals surface area contributed by atoms with Gasteiger partial charge in [0.2, 0.25) is 0 Å². The minimum atomic E-state index is -4.75. The van der Waals surface area contributed by atoms with E-state index in [0.29, 0.717) is 29.9 Å². The normalized spacial score (nSPS) is 16.1. The molecule has 1 fully saturated rings. The van der Waals surface area contributed by atoms with Crippen molar-refractivity contribution < 1.29 is 22.6 Å². The van der Waals surface area contributed by atoms with E-state index in [-0.39, 0.29) is 11.8 Å². The van der Waals surface area contributed by atoms with Gasteiger partial charge in [0, 0.05) is 30.5 Å². The molecule has 1 aromatic carbocycles. The molecule has 0 aliphatic carbocycles. The van der Waals surface area contributed by atoms with E-state index in [1.807, 2.05) is 0 Å². The molecule has 1 aliphatic heterocycles. The fraction of sp³-hybridized carbons (Fsp3) is 0.353. The molecule has 3 rings (SSSR count). The molecule has 0 bridgehead atoms. The van der Waals surface area contributed by atoms with Gasteiger partial charge in [-0.05, 0) is 30.5 Å². The van der Waals surface area contributed by atoms with Crippen molar-refractivity contribution in [3.8, 4) is 16.9 Å². The average molecular weight is 338 g/mol. The van der Waals surface area contributed by atoms with Crippen molar-refractivity contribution >= 4 is 6.08 Å². The number of benzene rings is 1. The highest BCUT2D eigenvalue weighted by atomic mass is 19.4. The second-order valence-corrected chi connectivity index (χ2v) is 5.56. The highest BCUT2D eigenvalue weighted by Crippen LogP contribution is 2.35. The molecule has 4 nitrogen and oxygen atoms in total. The summed E-state index contributed by atoms with van der Waals surface area (Å²) < 4.78 is 49.2. The molecule has 0 amide bonds. The highest BCUT2D eigenvalue weighted by Gasteiger charge is 2.32. The van der Waals surface area contributed by atoms with Gasteiger partial charge >= 0.3 is 6.36 Å². The summed E-state index contributed by atoms with van der Waals surface area (Å²) >= 11 is 0. The number of alkyl halides is 3. The molecule has 7 heteroatoms. The van der Waals surface area contributed by atoms with E-state index in [2.05, 4.69) is 16.4 Å². The number of nitrogens with zero attached hydrogens (tertiary/aromatic N) is 2. The van der Waals surface area contributed by atoms with Crippen LogP contribution in [0.2, 0.25) is 0 Å². The summed E-state index contributed by atoms with van der Waals surface area (Å²) in [5.74, 6) is -0.250. The van der Waals surface area contributed by atoms with Gasteiger partial charge in [-0.1, -0.05) is 18.7 Å². The van der Waals surface area contributed by atoms with Crippen LogP contribution in [0.4, 0.5) is 13.2 Å². The molecule has 128 valence electrons. The van der Waals surface area contributed by atoms with Crippen LogP contribution in [0.3, 0.4) is 0 Å². The van der Waals surface area contributed by atoms with E-state index in [9.17, 15) is 13.2 Å². The Hall–Kier alpha value is -2.28. The lowest BCUT2D eigenvalue weighted by Crippen LogP contribution is -2.19. The van der Waals surface area contributed by atoms with E-state index in [0.717, 1.165) is 12.8 Å². The Bertz CT molecular complexity index is 719. The molecule has 1 aliphatic rings. The summed E-state index contributed by atoms with van der Waals surface area (Å²) in [7, 11) is 0. The van der Waals surface area contributed by atoms with Crippen LogP contribution in [0.5, 0.6) is 5.75 Å². The topological polar surface area (TPSA) is 36.3 Å². The lowest BCUT2D eigenvalue weighted by Gasteiger charge is -2.22. The number of ether oxygens (including phenoxy) is 2. The first kappa shape index (κ1) is 16.6. The van der Waals surface area contributed by atoms with Crippen LogP contribution >= 0.6 is 0 Å². The van der Waals surface area contributed by atoms with Gasteiger partial charge in [0.15, 0.2) is 0 Å². The maximum atomic E-state index is 12.6. The Kier molecular flexibility index (Phi) is 4.62. The van der Waals surface area contributed by atoms with Crippen molar-refractivity contribution in [1.29, 1.82) is 0 Å². The molecule has 0 radical (unpaired) electrons. The van der Waals surface area contributed by atoms with Crippen LogP contribution in [0.15, 0.2) is 37.2 Å². The lowest BCUT2D eigenvalue weighted by molar-refractivity contribution is -0.274. The smallest absolute Gasteiger partial charge is 0.405 e. The van der Waals surface area contributed by atoms with Crippen molar-refractivity contribution in [2.24, 2.45) is 0 Å². The maximum absolute atomic E-state index is 12.6. The fourth-order valence-corrected chi connectivity index (χ4v) is 2.74. The van der Waals surface area contributed by atoms with E-state index < -0.39 is 6.36 Å². The minimum absolute atomic E-state index is 0.196. The Morgan fingerprint density at radius 1 is 1.29 bits per heavy atom. The Morgan fingerprint density at radius 2 is 2.04 bits per heavy atom. The lowest BCUT2D eigenvalue weighted by atomic mass is 10.0. The summed E-state index contributed by atoms with van der Waals surface area (Å²) in [5, 5.41) is 4.31. The summed E-state index contributed by atoms with van der Waals surface area (Å²) in [6, 6.07) is 4.63. The van der Waals surface area contributed by atoms with Crippen molar-refractivity contribution in [1.82, 2.24) is 9.78 Å². The molecule has 24 heavy (non-hydrogen) atoms. The van der Waals surface area contributed by atoms with Gasteiger partial charge in [-0.2, -0.15) is 5.10 Å². The van der Waals surface area contributed by atoms with Crippen molar-refractivity contribution in [3.63, 3.8) is 0 Å². The molecule has 1 aromatic heterocycles. The first-order chi connectivity index (χ1) is 11.5. The number of hydrogen-bond acceptors (Lipinski definition) is 3. The Morgan fingerprint density at radius 3 is 2.71 bits per heavy atom. The summed E-state index contributed by atoms with van der Waals surface area (Å²) in [6.07, 6.45) is 1.80. The Balaban J connectivity index is 1.95. The summed E-state index contributed by atoms with van der Waals surface area (Å²) in [4.78, 5) is 0. The average Bonchev–Trinajstić information content (AvgIpc) is 3.04. The quantitative estimate of drug-likeness (QED) is 0.827. The van der Waals surface area contributed by atoms with Crippen LogP contribution in [-0.4, -0.2) is 29.4 Å². The first-order valence-corrected chi connectivity index (χ1v) is 7.61. The fourth-order valence-electron chi connectivity index (χ4n) is 2.74. The van der Waals surface area contributed by atoms with E-state index >= 15 is 0 Å². The zero-order chi connectivity index (χ0) is 17.2. The van der Waals surface area contributed by atoms with Crippen LogP contribution in [0, 0.1) is 0 Å². The van der Waals surface area contributed by atoms with Gasteiger partial charge in [-0.25, -0.2) is 0 Å². The standard InChI is InChI=1S/C17H17F3N2O2/c1-2-12-3-4-16(24-17(18,19)20)15(9-12)13-10-21-22(11-13)14-5-7-23-8-6-14/h2-4,9-11,14H,1,5-8H2. The van der Waals surface area contributed by atoms with Crippen molar-refractivity contribution in [2.75, 3.05) is 13.2 Å². The molecule has 1 saturated heterocycles. The molecule has 0 saturated carbocycles. The SMILES string of the molecule is C=Cc1ccc(OC(F)(F)F)c(-c2cnn(C3CCOCC3)c2)c1. The molecule has 0 unspecified atom stereocenters. The van der Waals surface area contributed by atoms with Crippen LogP contribution in [0.1, 0.15) is 24.4 Å². The van der Waals surface area contributed by atoms with Crippen molar-refractivity contribution in [3.05, 3.63) is 42.7 Å². The number of aromatic nitrogens is 2. The third kappa shape index (κ3) is 3.79. The zero-order valence-corrected chi connectivity index (χ0v) is 12.9. The van der Waals surface area contributed by atoms with Gasteiger partial charge in [-0.3, -0.25) is 4.68 Å². The maximum Gasteiger partial charge on any atom is 0.573 e. The van der Waals surface area contributed by atoms with Gasteiger partial charge in [0.05, 0.1) is 12.2 Å². The van der Waals surface area contributed by atoms with E-state index in [1.165, 1.54) is 12.1 Å². The number of rotatable bonds is 4. The largest absolute Gasteiger partial charge is 0.573 e. The van der Waals surface area contributed by atoms with Gasteiger partial charge in [0.25, 0.3) is 0 Å². The Labute approximate surface area is 137 Å². The van der Waals surface area contributed by atoms with Gasteiger partial charge in [0.1, 0.15) is 5.75 Å². The molecular weight excluding hydrogens is 321 g/mol. The minimum Gasteiger partial charge on any atom is -0.405 e. The third-order valence-electron chi connectivity index (χ3n) is 3.94. The zero-order valence-electron chi connectivity index (χ0n) is 12.9. The molecule has 0 spiro atoms. The molecule has 2 heterocycles. The molecule has 0 N–H and O–H groups in total. The second kappa shape index (κ2) is 6.68. The van der Waals surface area contributed by atoms with E-state index in [4.69, 9.17) is 4.74 Å². The molecular formula is C17H17F3N2O2. The van der Waals surface area contributed by atoms with Crippen LogP contribution in [-0.2, 0) is 4.74 Å². The van der Waals surface area contributed by atoms with Gasteiger partial charge in [-0.15, -0.1) is 13.2 Å². The predicted molar refractivity (Wildman–Crippen MR) is 83.5 cm³/mol.